The molecule has 0 radical (unpaired) electrons. The number of carbonyl (C=O) groups is 1. The molecule has 1 atom stereocenters. The van der Waals surface area contributed by atoms with Gasteiger partial charge in [-0.05, 0) is 31.7 Å². The number of rotatable bonds is 6. The van der Waals surface area contributed by atoms with Crippen LogP contribution in [-0.2, 0) is 16.0 Å². The lowest BCUT2D eigenvalue weighted by Crippen LogP contribution is -2.22. The zero-order chi connectivity index (χ0) is 14.7. The summed E-state index contributed by atoms with van der Waals surface area (Å²) in [7, 11) is 0. The van der Waals surface area contributed by atoms with Crippen LogP contribution in [0.15, 0.2) is 36.7 Å². The first-order valence-electron chi connectivity index (χ1n) is 7.39. The summed E-state index contributed by atoms with van der Waals surface area (Å²) in [5, 5.41) is 8.18. The van der Waals surface area contributed by atoms with Gasteiger partial charge in [-0.1, -0.05) is 30.3 Å². The molecule has 0 saturated heterocycles. The fourth-order valence-electron chi connectivity index (χ4n) is 2.51. The van der Waals surface area contributed by atoms with Crippen molar-refractivity contribution in [2.24, 2.45) is 0 Å². The molecule has 1 fully saturated rings. The van der Waals surface area contributed by atoms with Gasteiger partial charge in [0.2, 0.25) is 0 Å². The highest BCUT2D eigenvalue weighted by Crippen LogP contribution is 2.37. The molecule has 1 aliphatic carbocycles. The van der Waals surface area contributed by atoms with Gasteiger partial charge in [0.15, 0.2) is 0 Å². The van der Waals surface area contributed by atoms with E-state index in [4.69, 9.17) is 4.74 Å². The average Bonchev–Trinajstić information content (AvgIpc) is 3.24. The Bertz CT molecular complexity index is 605. The average molecular weight is 285 g/mol. The number of carbonyl (C=O) groups excluding carboxylic acids is 1. The molecule has 0 bridgehead atoms. The Morgan fingerprint density at radius 3 is 2.81 bits per heavy atom. The van der Waals surface area contributed by atoms with E-state index in [2.05, 4.69) is 10.2 Å². The van der Waals surface area contributed by atoms with Crippen LogP contribution in [0.5, 0.6) is 0 Å². The van der Waals surface area contributed by atoms with E-state index in [-0.39, 0.29) is 5.97 Å². The van der Waals surface area contributed by atoms with Gasteiger partial charge in [0.25, 0.3) is 0 Å². The summed E-state index contributed by atoms with van der Waals surface area (Å²) in [6, 6.07) is 10.4. The Labute approximate surface area is 124 Å². The SMILES string of the molecule is CCOC(=O)C(Cc1ccccc1)c1nncn1C1CC1. The molecule has 5 nitrogen and oxygen atoms in total. The monoisotopic (exact) mass is 285 g/mol. The minimum atomic E-state index is -0.393. The Morgan fingerprint density at radius 2 is 2.14 bits per heavy atom. The van der Waals surface area contributed by atoms with E-state index >= 15 is 0 Å². The van der Waals surface area contributed by atoms with Gasteiger partial charge in [0.05, 0.1) is 6.61 Å². The molecule has 1 heterocycles. The molecule has 1 aromatic heterocycles. The summed E-state index contributed by atoms with van der Waals surface area (Å²) >= 11 is 0. The lowest BCUT2D eigenvalue weighted by atomic mass is 9.98. The zero-order valence-electron chi connectivity index (χ0n) is 12.1. The quantitative estimate of drug-likeness (QED) is 0.765. The van der Waals surface area contributed by atoms with Crippen LogP contribution in [0.25, 0.3) is 0 Å². The molecule has 0 aliphatic heterocycles. The lowest BCUT2D eigenvalue weighted by Gasteiger charge is -2.16. The van der Waals surface area contributed by atoms with Gasteiger partial charge < -0.3 is 9.30 Å². The molecule has 1 aromatic carbocycles. The second-order valence-corrected chi connectivity index (χ2v) is 5.32. The third kappa shape index (κ3) is 3.12. The molecule has 21 heavy (non-hydrogen) atoms. The van der Waals surface area contributed by atoms with Crippen molar-refractivity contribution in [2.75, 3.05) is 6.61 Å². The Kier molecular flexibility index (Phi) is 3.99. The summed E-state index contributed by atoms with van der Waals surface area (Å²) in [5.41, 5.74) is 1.10. The van der Waals surface area contributed by atoms with Crippen molar-refractivity contribution in [3.8, 4) is 0 Å². The molecule has 0 N–H and O–H groups in total. The van der Waals surface area contributed by atoms with Gasteiger partial charge in [-0.3, -0.25) is 4.79 Å². The first-order chi connectivity index (χ1) is 10.3. The third-order valence-electron chi connectivity index (χ3n) is 3.71. The van der Waals surface area contributed by atoms with Gasteiger partial charge in [-0.25, -0.2) is 0 Å². The number of nitrogens with zero attached hydrogens (tertiary/aromatic N) is 3. The molecule has 1 saturated carbocycles. The summed E-state index contributed by atoms with van der Waals surface area (Å²) < 4.78 is 7.27. The van der Waals surface area contributed by atoms with Gasteiger partial charge >= 0.3 is 5.97 Å². The maximum absolute atomic E-state index is 12.3. The number of esters is 1. The molecule has 0 spiro atoms. The molecule has 1 aliphatic rings. The predicted octanol–water partition coefficient (Wildman–Crippen LogP) is 2.50. The fourth-order valence-corrected chi connectivity index (χ4v) is 2.51. The first-order valence-corrected chi connectivity index (χ1v) is 7.39. The van der Waals surface area contributed by atoms with Crippen LogP contribution in [0.2, 0.25) is 0 Å². The van der Waals surface area contributed by atoms with Gasteiger partial charge in [-0.2, -0.15) is 0 Å². The zero-order valence-corrected chi connectivity index (χ0v) is 12.1. The normalized spacial score (nSPS) is 15.7. The van der Waals surface area contributed by atoms with E-state index in [0.29, 0.717) is 19.1 Å². The first kappa shape index (κ1) is 13.8. The number of ether oxygens (including phenoxy) is 1. The van der Waals surface area contributed by atoms with Crippen LogP contribution in [-0.4, -0.2) is 27.3 Å². The number of hydrogen-bond donors (Lipinski definition) is 0. The minimum absolute atomic E-state index is 0.226. The van der Waals surface area contributed by atoms with Gasteiger partial charge in [0.1, 0.15) is 18.1 Å². The van der Waals surface area contributed by atoms with Crippen molar-refractivity contribution < 1.29 is 9.53 Å². The third-order valence-corrected chi connectivity index (χ3v) is 3.71. The molecule has 2 aromatic rings. The molecular formula is C16H19N3O2. The molecule has 0 amide bonds. The Morgan fingerprint density at radius 1 is 1.38 bits per heavy atom. The summed E-state index contributed by atoms with van der Waals surface area (Å²) in [4.78, 5) is 12.3. The predicted molar refractivity (Wildman–Crippen MR) is 77.8 cm³/mol. The number of benzene rings is 1. The van der Waals surface area contributed by atoms with E-state index in [1.807, 2.05) is 41.8 Å². The lowest BCUT2D eigenvalue weighted by molar-refractivity contribution is -0.145. The van der Waals surface area contributed by atoms with Crippen molar-refractivity contribution in [1.29, 1.82) is 0 Å². The van der Waals surface area contributed by atoms with E-state index in [1.54, 1.807) is 6.33 Å². The fraction of sp³-hybridized carbons (Fsp3) is 0.438. The van der Waals surface area contributed by atoms with Crippen molar-refractivity contribution in [1.82, 2.24) is 14.8 Å². The highest BCUT2D eigenvalue weighted by Gasteiger charge is 2.33. The maximum Gasteiger partial charge on any atom is 0.317 e. The van der Waals surface area contributed by atoms with Crippen molar-refractivity contribution in [3.05, 3.63) is 48.0 Å². The summed E-state index contributed by atoms with van der Waals surface area (Å²) in [6.45, 7) is 2.20. The van der Waals surface area contributed by atoms with E-state index in [1.165, 1.54) is 0 Å². The molecule has 110 valence electrons. The molecule has 1 unspecified atom stereocenters. The second-order valence-electron chi connectivity index (χ2n) is 5.32. The Hall–Kier alpha value is -2.17. The largest absolute Gasteiger partial charge is 0.465 e. The Balaban J connectivity index is 1.88. The van der Waals surface area contributed by atoms with Crippen LogP contribution >= 0.6 is 0 Å². The van der Waals surface area contributed by atoms with Crippen LogP contribution in [0.4, 0.5) is 0 Å². The number of hydrogen-bond acceptors (Lipinski definition) is 4. The van der Waals surface area contributed by atoms with Crippen LogP contribution in [0, 0.1) is 0 Å². The van der Waals surface area contributed by atoms with Crippen molar-refractivity contribution in [2.45, 2.75) is 38.1 Å². The topological polar surface area (TPSA) is 57.0 Å². The van der Waals surface area contributed by atoms with Crippen LogP contribution < -0.4 is 0 Å². The van der Waals surface area contributed by atoms with Gasteiger partial charge in [0, 0.05) is 6.04 Å². The molecular weight excluding hydrogens is 266 g/mol. The van der Waals surface area contributed by atoms with Crippen molar-refractivity contribution >= 4 is 5.97 Å². The summed E-state index contributed by atoms with van der Waals surface area (Å²) in [5.74, 6) is 0.103. The molecule has 5 heteroatoms. The molecule has 3 rings (SSSR count). The summed E-state index contributed by atoms with van der Waals surface area (Å²) in [6.07, 6.45) is 4.58. The second kappa shape index (κ2) is 6.08. The highest BCUT2D eigenvalue weighted by atomic mass is 16.5. The maximum atomic E-state index is 12.3. The minimum Gasteiger partial charge on any atom is -0.465 e. The standard InChI is InChI=1S/C16H19N3O2/c1-2-21-16(20)14(10-12-6-4-3-5-7-12)15-18-17-11-19(15)13-8-9-13/h3-7,11,13-14H,2,8-10H2,1H3. The van der Waals surface area contributed by atoms with E-state index in [0.717, 1.165) is 24.2 Å². The van der Waals surface area contributed by atoms with Crippen LogP contribution in [0.3, 0.4) is 0 Å². The van der Waals surface area contributed by atoms with E-state index < -0.39 is 5.92 Å². The van der Waals surface area contributed by atoms with Crippen molar-refractivity contribution in [3.63, 3.8) is 0 Å². The highest BCUT2D eigenvalue weighted by molar-refractivity contribution is 5.77. The number of aromatic nitrogens is 3. The van der Waals surface area contributed by atoms with Crippen LogP contribution in [0.1, 0.15) is 43.1 Å². The van der Waals surface area contributed by atoms with Gasteiger partial charge in [-0.15, -0.1) is 10.2 Å². The smallest absolute Gasteiger partial charge is 0.317 e. The van der Waals surface area contributed by atoms with E-state index in [9.17, 15) is 4.79 Å².